The van der Waals surface area contributed by atoms with Crippen molar-refractivity contribution in [3.63, 3.8) is 0 Å². The second kappa shape index (κ2) is 9.73. The van der Waals surface area contributed by atoms with Crippen molar-refractivity contribution in [3.05, 3.63) is 82.6 Å². The van der Waals surface area contributed by atoms with E-state index in [1.165, 1.54) is 11.8 Å². The van der Waals surface area contributed by atoms with E-state index in [1.54, 1.807) is 37.5 Å². The van der Waals surface area contributed by atoms with Gasteiger partial charge in [-0.1, -0.05) is 53.2 Å². The van der Waals surface area contributed by atoms with Crippen molar-refractivity contribution in [2.24, 2.45) is 0 Å². The van der Waals surface area contributed by atoms with Crippen LogP contribution >= 0.6 is 35.0 Å². The van der Waals surface area contributed by atoms with Gasteiger partial charge < -0.3 is 5.32 Å². The number of thioether (sulfide) groups is 1. The third kappa shape index (κ3) is 4.80. The maximum atomic E-state index is 12.9. The number of pyridine rings is 1. The Labute approximate surface area is 200 Å². The SMILES string of the molecule is Cc1ccccc1-n1c(SC(C)C(=O)Nc2cc(Cl)ccc2Cl)nnc1-c1cccnc1. The van der Waals surface area contributed by atoms with Gasteiger partial charge in [0.1, 0.15) is 0 Å². The Bertz CT molecular complexity index is 1260. The zero-order valence-electron chi connectivity index (χ0n) is 17.3. The van der Waals surface area contributed by atoms with E-state index in [0.29, 0.717) is 26.7 Å². The Morgan fingerprint density at radius 2 is 1.91 bits per heavy atom. The van der Waals surface area contributed by atoms with Gasteiger partial charge in [-0.2, -0.15) is 0 Å². The molecule has 1 N–H and O–H groups in total. The van der Waals surface area contributed by atoms with Gasteiger partial charge in [-0.25, -0.2) is 0 Å². The third-order valence-corrected chi connectivity index (χ3v) is 6.35. The zero-order chi connectivity index (χ0) is 22.7. The molecular weight excluding hydrogens is 465 g/mol. The number of rotatable bonds is 6. The van der Waals surface area contributed by atoms with E-state index in [9.17, 15) is 4.79 Å². The summed E-state index contributed by atoms with van der Waals surface area (Å²) in [6.07, 6.45) is 3.45. The van der Waals surface area contributed by atoms with Crippen LogP contribution in [0.3, 0.4) is 0 Å². The quantitative estimate of drug-likeness (QED) is 0.337. The van der Waals surface area contributed by atoms with Gasteiger partial charge in [-0.15, -0.1) is 10.2 Å². The van der Waals surface area contributed by atoms with Gasteiger partial charge in [-0.3, -0.25) is 14.3 Å². The number of hydrogen-bond donors (Lipinski definition) is 1. The summed E-state index contributed by atoms with van der Waals surface area (Å²) in [5.41, 5.74) is 3.29. The molecule has 4 rings (SSSR count). The average Bonchev–Trinajstić information content (AvgIpc) is 3.20. The molecule has 0 radical (unpaired) electrons. The van der Waals surface area contributed by atoms with Crippen molar-refractivity contribution in [1.29, 1.82) is 0 Å². The molecule has 0 bridgehead atoms. The lowest BCUT2D eigenvalue weighted by Gasteiger charge is -2.15. The van der Waals surface area contributed by atoms with Crippen LogP contribution in [0.1, 0.15) is 12.5 Å². The first-order valence-electron chi connectivity index (χ1n) is 9.78. The molecule has 4 aromatic rings. The number of carbonyl (C=O) groups excluding carboxylic acids is 1. The topological polar surface area (TPSA) is 72.7 Å². The molecule has 0 saturated heterocycles. The number of para-hydroxylation sites is 1. The Morgan fingerprint density at radius 3 is 2.66 bits per heavy atom. The maximum absolute atomic E-state index is 12.9. The molecule has 1 atom stereocenters. The second-order valence-electron chi connectivity index (χ2n) is 7.04. The minimum Gasteiger partial charge on any atom is -0.324 e. The van der Waals surface area contributed by atoms with Crippen molar-refractivity contribution >= 4 is 46.6 Å². The van der Waals surface area contributed by atoms with Crippen molar-refractivity contribution < 1.29 is 4.79 Å². The van der Waals surface area contributed by atoms with Crippen LogP contribution in [0.25, 0.3) is 17.1 Å². The molecule has 0 fully saturated rings. The van der Waals surface area contributed by atoms with Crippen molar-refractivity contribution in [3.8, 4) is 17.1 Å². The summed E-state index contributed by atoms with van der Waals surface area (Å²) >= 11 is 13.5. The first kappa shape index (κ1) is 22.3. The van der Waals surface area contributed by atoms with E-state index in [2.05, 4.69) is 20.5 Å². The summed E-state index contributed by atoms with van der Waals surface area (Å²) < 4.78 is 1.95. The molecule has 2 aromatic carbocycles. The lowest BCUT2D eigenvalue weighted by Crippen LogP contribution is -2.23. The largest absolute Gasteiger partial charge is 0.324 e. The number of carbonyl (C=O) groups is 1. The highest BCUT2D eigenvalue weighted by molar-refractivity contribution is 8.00. The molecule has 9 heteroatoms. The number of hydrogen-bond acceptors (Lipinski definition) is 5. The van der Waals surface area contributed by atoms with Crippen LogP contribution < -0.4 is 5.32 Å². The summed E-state index contributed by atoms with van der Waals surface area (Å²) in [6.45, 7) is 3.83. The Balaban J connectivity index is 1.66. The minimum atomic E-state index is -0.473. The number of amides is 1. The normalized spacial score (nSPS) is 11.9. The molecule has 0 saturated carbocycles. The van der Waals surface area contributed by atoms with E-state index in [4.69, 9.17) is 23.2 Å². The molecule has 2 heterocycles. The summed E-state index contributed by atoms with van der Waals surface area (Å²) in [6, 6.07) is 16.7. The molecule has 6 nitrogen and oxygen atoms in total. The van der Waals surface area contributed by atoms with Crippen LogP contribution in [0.15, 0.2) is 72.1 Å². The summed E-state index contributed by atoms with van der Waals surface area (Å²) in [5.74, 6) is 0.432. The van der Waals surface area contributed by atoms with E-state index < -0.39 is 5.25 Å². The Morgan fingerprint density at radius 1 is 1.09 bits per heavy atom. The summed E-state index contributed by atoms with van der Waals surface area (Å²) in [5, 5.41) is 12.7. The molecule has 0 aliphatic heterocycles. The maximum Gasteiger partial charge on any atom is 0.237 e. The standard InChI is InChI=1S/C23H19Cl2N5OS/c1-14-6-3-4-8-20(14)30-21(16-7-5-11-26-13-16)28-29-23(30)32-15(2)22(31)27-19-12-17(24)9-10-18(19)25/h3-13,15H,1-2H3,(H,27,31). The first-order chi connectivity index (χ1) is 15.4. The fraction of sp³-hybridized carbons (Fsp3) is 0.130. The number of benzene rings is 2. The predicted octanol–water partition coefficient (Wildman–Crippen LogP) is 6.06. The first-order valence-corrected chi connectivity index (χ1v) is 11.4. The number of aryl methyl sites for hydroxylation is 1. The van der Waals surface area contributed by atoms with Gasteiger partial charge in [0.25, 0.3) is 0 Å². The van der Waals surface area contributed by atoms with Crippen LogP contribution in [0, 0.1) is 6.92 Å². The van der Waals surface area contributed by atoms with E-state index >= 15 is 0 Å². The fourth-order valence-corrected chi connectivity index (χ4v) is 4.30. The lowest BCUT2D eigenvalue weighted by atomic mass is 10.2. The molecule has 2 aromatic heterocycles. The molecule has 162 valence electrons. The highest BCUT2D eigenvalue weighted by atomic mass is 35.5. The van der Waals surface area contributed by atoms with Crippen molar-refractivity contribution in [2.45, 2.75) is 24.3 Å². The molecule has 32 heavy (non-hydrogen) atoms. The van der Waals surface area contributed by atoms with E-state index in [0.717, 1.165) is 16.8 Å². The molecule has 0 aliphatic carbocycles. The number of halogens is 2. The van der Waals surface area contributed by atoms with Gasteiger partial charge >= 0.3 is 0 Å². The third-order valence-electron chi connectivity index (χ3n) is 4.75. The van der Waals surface area contributed by atoms with Crippen LogP contribution in [-0.2, 0) is 4.79 Å². The van der Waals surface area contributed by atoms with Crippen LogP contribution in [-0.4, -0.2) is 30.9 Å². The van der Waals surface area contributed by atoms with Gasteiger partial charge in [0.05, 0.1) is 21.6 Å². The number of nitrogens with zero attached hydrogens (tertiary/aromatic N) is 4. The van der Waals surface area contributed by atoms with Gasteiger partial charge in [0.15, 0.2) is 11.0 Å². The summed E-state index contributed by atoms with van der Waals surface area (Å²) in [4.78, 5) is 17.1. The number of nitrogens with one attached hydrogen (secondary N) is 1. The molecule has 0 spiro atoms. The average molecular weight is 484 g/mol. The zero-order valence-corrected chi connectivity index (χ0v) is 19.6. The highest BCUT2D eigenvalue weighted by Crippen LogP contribution is 2.32. The van der Waals surface area contributed by atoms with Gasteiger partial charge in [0, 0.05) is 23.0 Å². The predicted molar refractivity (Wildman–Crippen MR) is 130 cm³/mol. The van der Waals surface area contributed by atoms with Crippen molar-refractivity contribution in [1.82, 2.24) is 19.7 Å². The molecule has 0 aliphatic rings. The van der Waals surface area contributed by atoms with Crippen molar-refractivity contribution in [2.75, 3.05) is 5.32 Å². The van der Waals surface area contributed by atoms with Gasteiger partial charge in [-0.05, 0) is 55.8 Å². The number of aromatic nitrogens is 4. The Kier molecular flexibility index (Phi) is 6.79. The fourth-order valence-electron chi connectivity index (χ4n) is 3.10. The van der Waals surface area contributed by atoms with E-state index in [-0.39, 0.29) is 5.91 Å². The minimum absolute atomic E-state index is 0.221. The van der Waals surface area contributed by atoms with Crippen LogP contribution in [0.4, 0.5) is 5.69 Å². The second-order valence-corrected chi connectivity index (χ2v) is 9.19. The molecule has 1 amide bonds. The van der Waals surface area contributed by atoms with E-state index in [1.807, 2.05) is 47.9 Å². The van der Waals surface area contributed by atoms with Crippen LogP contribution in [0.2, 0.25) is 10.0 Å². The monoisotopic (exact) mass is 483 g/mol. The lowest BCUT2D eigenvalue weighted by molar-refractivity contribution is -0.115. The van der Waals surface area contributed by atoms with Crippen LogP contribution in [0.5, 0.6) is 0 Å². The van der Waals surface area contributed by atoms with Gasteiger partial charge in [0.2, 0.25) is 5.91 Å². The summed E-state index contributed by atoms with van der Waals surface area (Å²) in [7, 11) is 0. The molecular formula is C23H19Cl2N5OS. The number of anilines is 1. The smallest absolute Gasteiger partial charge is 0.237 e. The molecule has 1 unspecified atom stereocenters. The Hall–Kier alpha value is -2.87. The highest BCUT2D eigenvalue weighted by Gasteiger charge is 2.23.